The van der Waals surface area contributed by atoms with Gasteiger partial charge in [-0.05, 0) is 44.7 Å². The summed E-state index contributed by atoms with van der Waals surface area (Å²) in [6, 6.07) is 18.0. The molecule has 3 N–H and O–H groups in total. The van der Waals surface area contributed by atoms with Crippen LogP contribution in [-0.2, 0) is 27.3 Å². The highest BCUT2D eigenvalue weighted by Gasteiger charge is 2.76. The standard InChI is InChI=1S/C30H36BrN3O4S/c1-29(2,3)33-27(37)25-30-15-21(31)24(39-30)22(26(36)32-16-19-12-8-5-9-13-19)23(30)28(38)34(25)20(17-35)14-18-10-6-4-7-11-18/h4-13,20-25,35H,14-17H2,1-3H3,(H,32,36)(H,33,37)/t20-,21?,22+,23+,24+,25?,30?/m1/s1. The second-order valence-corrected chi connectivity index (χ2v) is 14.6. The third-order valence-corrected chi connectivity index (χ3v) is 11.2. The van der Waals surface area contributed by atoms with Gasteiger partial charge in [-0.3, -0.25) is 14.4 Å². The summed E-state index contributed by atoms with van der Waals surface area (Å²) in [6.45, 7) is 5.85. The first-order valence-corrected chi connectivity index (χ1v) is 15.3. The van der Waals surface area contributed by atoms with Crippen LogP contribution >= 0.6 is 27.7 Å². The number of hydrogen-bond donors (Lipinski definition) is 3. The van der Waals surface area contributed by atoms with Gasteiger partial charge in [-0.15, -0.1) is 11.8 Å². The fraction of sp³-hybridized carbons (Fsp3) is 0.500. The smallest absolute Gasteiger partial charge is 0.244 e. The molecule has 3 aliphatic rings. The van der Waals surface area contributed by atoms with Crippen molar-refractivity contribution >= 4 is 45.4 Å². The molecule has 9 heteroatoms. The summed E-state index contributed by atoms with van der Waals surface area (Å²) < 4.78 is -0.760. The van der Waals surface area contributed by atoms with E-state index in [1.807, 2.05) is 81.4 Å². The predicted octanol–water partition coefficient (Wildman–Crippen LogP) is 3.29. The number of nitrogens with zero attached hydrogens (tertiary/aromatic N) is 1. The summed E-state index contributed by atoms with van der Waals surface area (Å²) in [7, 11) is 0. The van der Waals surface area contributed by atoms with Crippen LogP contribution < -0.4 is 10.6 Å². The van der Waals surface area contributed by atoms with E-state index in [9.17, 15) is 19.5 Å². The molecule has 2 aromatic carbocycles. The Balaban J connectivity index is 1.50. The number of fused-ring (bicyclic) bond motifs is 1. The molecule has 3 heterocycles. The minimum Gasteiger partial charge on any atom is -0.394 e. The van der Waals surface area contributed by atoms with Crippen LogP contribution in [0.4, 0.5) is 0 Å². The van der Waals surface area contributed by atoms with Gasteiger partial charge >= 0.3 is 0 Å². The average Bonchev–Trinajstić information content (AvgIpc) is 3.49. The van der Waals surface area contributed by atoms with Crippen LogP contribution in [0.3, 0.4) is 0 Å². The molecule has 0 saturated carbocycles. The molecule has 3 aliphatic heterocycles. The number of likely N-dealkylation sites (tertiary alicyclic amines) is 1. The number of carbonyl (C=O) groups is 3. The van der Waals surface area contributed by atoms with Gasteiger partial charge in [0.1, 0.15) is 6.04 Å². The van der Waals surface area contributed by atoms with Crippen LogP contribution in [0.15, 0.2) is 60.7 Å². The summed E-state index contributed by atoms with van der Waals surface area (Å²) >= 11 is 5.41. The molecule has 3 fully saturated rings. The lowest BCUT2D eigenvalue weighted by atomic mass is 9.70. The molecule has 39 heavy (non-hydrogen) atoms. The van der Waals surface area contributed by atoms with E-state index in [2.05, 4.69) is 26.6 Å². The number of nitrogens with one attached hydrogen (secondary N) is 2. The number of aliphatic hydroxyl groups excluding tert-OH is 1. The zero-order chi connectivity index (χ0) is 27.9. The molecule has 0 aromatic heterocycles. The SMILES string of the molecule is CC(C)(C)NC(=O)C1N([C@@H](CO)Cc2ccccc2)C(=O)[C@@H]2[C@H](C(=O)NCc3ccccc3)[C@H]3SC12CC3Br. The van der Waals surface area contributed by atoms with E-state index in [1.165, 1.54) is 0 Å². The molecule has 3 unspecified atom stereocenters. The van der Waals surface area contributed by atoms with Crippen LogP contribution in [0.5, 0.6) is 0 Å². The van der Waals surface area contributed by atoms with Gasteiger partial charge in [0.25, 0.3) is 0 Å². The molecule has 3 amide bonds. The summed E-state index contributed by atoms with van der Waals surface area (Å²) in [5.74, 6) is -1.83. The van der Waals surface area contributed by atoms with Gasteiger partial charge in [0.15, 0.2) is 0 Å². The number of amides is 3. The number of rotatable bonds is 8. The zero-order valence-corrected chi connectivity index (χ0v) is 24.9. The lowest BCUT2D eigenvalue weighted by molar-refractivity contribution is -0.143. The summed E-state index contributed by atoms with van der Waals surface area (Å²) in [5, 5.41) is 16.6. The van der Waals surface area contributed by atoms with E-state index in [4.69, 9.17) is 0 Å². The van der Waals surface area contributed by atoms with Crippen molar-refractivity contribution in [1.82, 2.24) is 15.5 Å². The fourth-order valence-corrected chi connectivity index (χ4v) is 10.1. The third kappa shape index (κ3) is 5.25. The highest BCUT2D eigenvalue weighted by Crippen LogP contribution is 2.68. The second-order valence-electron chi connectivity index (χ2n) is 11.9. The molecule has 208 valence electrons. The molecule has 2 bridgehead atoms. The summed E-state index contributed by atoms with van der Waals surface area (Å²) in [6.07, 6.45) is 1.02. The van der Waals surface area contributed by atoms with Gasteiger partial charge in [0.2, 0.25) is 17.7 Å². The third-order valence-electron chi connectivity index (χ3n) is 8.00. The number of alkyl halides is 1. The van der Waals surface area contributed by atoms with Gasteiger partial charge in [-0.25, -0.2) is 0 Å². The van der Waals surface area contributed by atoms with Gasteiger partial charge < -0.3 is 20.6 Å². The van der Waals surface area contributed by atoms with Crippen LogP contribution in [0.25, 0.3) is 0 Å². The first kappa shape index (κ1) is 28.2. The lowest BCUT2D eigenvalue weighted by Crippen LogP contribution is -2.59. The molecule has 0 radical (unpaired) electrons. The van der Waals surface area contributed by atoms with Crippen molar-refractivity contribution < 1.29 is 19.5 Å². The second kappa shape index (κ2) is 10.9. The van der Waals surface area contributed by atoms with Crippen molar-refractivity contribution in [3.63, 3.8) is 0 Å². The van der Waals surface area contributed by atoms with E-state index in [0.717, 1.165) is 11.1 Å². The zero-order valence-electron chi connectivity index (χ0n) is 22.5. The van der Waals surface area contributed by atoms with E-state index < -0.39 is 34.2 Å². The van der Waals surface area contributed by atoms with Crippen LogP contribution in [0, 0.1) is 11.8 Å². The van der Waals surface area contributed by atoms with Crippen molar-refractivity contribution in [2.24, 2.45) is 11.8 Å². The Labute approximate surface area is 242 Å². The quantitative estimate of drug-likeness (QED) is 0.397. The van der Waals surface area contributed by atoms with Crippen molar-refractivity contribution in [2.45, 2.75) is 72.6 Å². The Hall–Kier alpha value is -2.36. The van der Waals surface area contributed by atoms with Crippen molar-refractivity contribution in [2.75, 3.05) is 6.61 Å². The van der Waals surface area contributed by atoms with E-state index >= 15 is 0 Å². The molecular formula is C30H36BrN3O4S. The Kier molecular flexibility index (Phi) is 7.87. The molecule has 7 atom stereocenters. The minimum absolute atomic E-state index is 0.00869. The normalized spacial score (nSPS) is 30.2. The van der Waals surface area contributed by atoms with Crippen LogP contribution in [0.2, 0.25) is 0 Å². The molecule has 3 saturated heterocycles. The Morgan fingerprint density at radius 1 is 1.08 bits per heavy atom. The largest absolute Gasteiger partial charge is 0.394 e. The first-order chi connectivity index (χ1) is 18.6. The van der Waals surface area contributed by atoms with Crippen LogP contribution in [-0.4, -0.2) is 66.8 Å². The Bertz CT molecular complexity index is 1220. The molecule has 5 rings (SSSR count). The number of benzene rings is 2. The van der Waals surface area contributed by atoms with Crippen molar-refractivity contribution in [1.29, 1.82) is 0 Å². The number of hydrogen-bond acceptors (Lipinski definition) is 5. The van der Waals surface area contributed by atoms with Gasteiger partial charge in [-0.1, -0.05) is 76.6 Å². The van der Waals surface area contributed by atoms with E-state index in [1.54, 1.807) is 16.7 Å². The summed E-state index contributed by atoms with van der Waals surface area (Å²) in [4.78, 5) is 43.7. The molecule has 7 nitrogen and oxygen atoms in total. The van der Waals surface area contributed by atoms with Crippen LogP contribution in [0.1, 0.15) is 38.3 Å². The van der Waals surface area contributed by atoms with E-state index in [-0.39, 0.29) is 34.4 Å². The molecule has 1 spiro atoms. The number of carbonyl (C=O) groups excluding carboxylic acids is 3. The van der Waals surface area contributed by atoms with Gasteiger partial charge in [-0.2, -0.15) is 0 Å². The van der Waals surface area contributed by atoms with Crippen molar-refractivity contribution in [3.05, 3.63) is 71.8 Å². The number of thioether (sulfide) groups is 1. The first-order valence-electron chi connectivity index (χ1n) is 13.5. The monoisotopic (exact) mass is 613 g/mol. The summed E-state index contributed by atoms with van der Waals surface area (Å²) in [5.41, 5.74) is 1.45. The Morgan fingerprint density at radius 2 is 1.69 bits per heavy atom. The predicted molar refractivity (Wildman–Crippen MR) is 156 cm³/mol. The van der Waals surface area contributed by atoms with Crippen molar-refractivity contribution in [3.8, 4) is 0 Å². The van der Waals surface area contributed by atoms with E-state index in [0.29, 0.717) is 19.4 Å². The van der Waals surface area contributed by atoms with Gasteiger partial charge in [0, 0.05) is 22.2 Å². The highest BCUT2D eigenvalue weighted by molar-refractivity contribution is 9.09. The maximum Gasteiger partial charge on any atom is 0.244 e. The molecule has 2 aromatic rings. The number of halogens is 1. The maximum absolute atomic E-state index is 14.4. The molecular weight excluding hydrogens is 578 g/mol. The Morgan fingerprint density at radius 3 is 2.28 bits per heavy atom. The number of aliphatic hydroxyl groups is 1. The maximum atomic E-state index is 14.4. The molecule has 0 aliphatic carbocycles. The van der Waals surface area contributed by atoms with Gasteiger partial charge in [0.05, 0.1) is 29.2 Å². The highest BCUT2D eigenvalue weighted by atomic mass is 79.9. The minimum atomic E-state index is -0.794. The topological polar surface area (TPSA) is 98.7 Å². The average molecular weight is 615 g/mol. The lowest BCUT2D eigenvalue weighted by Gasteiger charge is -2.39. The fourth-order valence-electron chi connectivity index (χ4n) is 6.54.